The lowest BCUT2D eigenvalue weighted by molar-refractivity contribution is 0.420. The smallest absolute Gasteiger partial charge is 0.0465 e. The first-order valence-electron chi connectivity index (χ1n) is 22.3. The summed E-state index contributed by atoms with van der Waals surface area (Å²) >= 11 is 0. The molecule has 0 heterocycles. The summed E-state index contributed by atoms with van der Waals surface area (Å²) in [5.74, 6) is 3.27. The van der Waals surface area contributed by atoms with Crippen LogP contribution in [-0.2, 0) is 10.8 Å². The predicted octanol–water partition coefficient (Wildman–Crippen LogP) is 15.8. The van der Waals surface area contributed by atoms with Crippen LogP contribution in [-0.4, -0.2) is 0 Å². The molecule has 0 spiro atoms. The first-order chi connectivity index (χ1) is 27.8. The van der Waals surface area contributed by atoms with Gasteiger partial charge in [0.05, 0.1) is 0 Å². The minimum atomic E-state index is -0.172. The van der Waals surface area contributed by atoms with Crippen molar-refractivity contribution in [1.29, 1.82) is 0 Å². The Morgan fingerprint density at radius 3 is 1.82 bits per heavy atom. The highest BCUT2D eigenvalue weighted by Gasteiger charge is 2.41. The average Bonchev–Trinajstić information content (AvgIpc) is 3.92. The van der Waals surface area contributed by atoms with E-state index >= 15 is 0 Å². The van der Waals surface area contributed by atoms with E-state index in [1.807, 2.05) is 0 Å². The highest BCUT2D eigenvalue weighted by atomic mass is 15.1. The van der Waals surface area contributed by atoms with Crippen LogP contribution < -0.4 is 4.90 Å². The summed E-state index contributed by atoms with van der Waals surface area (Å²) in [4.78, 5) is 2.53. The topological polar surface area (TPSA) is 3.24 Å². The monoisotopic (exact) mass is 743 g/mol. The Labute approximate surface area is 341 Å². The van der Waals surface area contributed by atoms with Crippen molar-refractivity contribution in [3.63, 3.8) is 0 Å². The largest absolute Gasteiger partial charge is 0.310 e. The third kappa shape index (κ3) is 5.62. The molecule has 3 unspecified atom stereocenters. The fourth-order valence-electron chi connectivity index (χ4n) is 12.6. The van der Waals surface area contributed by atoms with Crippen LogP contribution in [0.15, 0.2) is 127 Å². The fourth-order valence-corrected chi connectivity index (χ4v) is 12.6. The fraction of sp³-hybridized carbons (Fsp3) is 0.357. The van der Waals surface area contributed by atoms with Crippen molar-refractivity contribution in [2.45, 2.75) is 115 Å². The molecular weight excluding hydrogens is 687 g/mol. The molecule has 6 aromatic carbocycles. The third-order valence-corrected chi connectivity index (χ3v) is 15.6. The zero-order valence-corrected chi connectivity index (χ0v) is 34.5. The van der Waals surface area contributed by atoms with Gasteiger partial charge >= 0.3 is 0 Å². The Balaban J connectivity index is 0.984. The third-order valence-electron chi connectivity index (χ3n) is 15.6. The first kappa shape index (κ1) is 35.3. The predicted molar refractivity (Wildman–Crippen MR) is 240 cm³/mol. The van der Waals surface area contributed by atoms with Gasteiger partial charge < -0.3 is 4.90 Å². The maximum absolute atomic E-state index is 2.53. The summed E-state index contributed by atoms with van der Waals surface area (Å²) in [7, 11) is 0. The SMILES string of the molecule is CC1(C)c2ccccc2-c2cc(-c3cccc4c3C(C)(C)c3cc(N(c5ccc(C6CCCCCC6)cc5)c5ccc(C6CC7CCC6C7)cc5)ccc3-4)ccc21. The van der Waals surface area contributed by atoms with Crippen molar-refractivity contribution in [3.05, 3.63) is 161 Å². The minimum absolute atomic E-state index is 0.00686. The van der Waals surface area contributed by atoms with Gasteiger partial charge in [0, 0.05) is 27.9 Å². The number of anilines is 3. The molecule has 3 saturated carbocycles. The Morgan fingerprint density at radius 1 is 0.456 bits per heavy atom. The zero-order chi connectivity index (χ0) is 38.5. The van der Waals surface area contributed by atoms with E-state index < -0.39 is 0 Å². The van der Waals surface area contributed by atoms with Crippen molar-refractivity contribution in [3.8, 4) is 33.4 Å². The molecule has 0 radical (unpaired) electrons. The molecule has 0 aliphatic heterocycles. The lowest BCUT2D eigenvalue weighted by Crippen LogP contribution is -2.18. The van der Waals surface area contributed by atoms with Crippen LogP contribution in [0.5, 0.6) is 0 Å². The van der Waals surface area contributed by atoms with E-state index in [4.69, 9.17) is 0 Å². The van der Waals surface area contributed by atoms with Crippen molar-refractivity contribution in [1.82, 2.24) is 0 Å². The number of benzene rings is 6. The van der Waals surface area contributed by atoms with E-state index in [0.717, 1.165) is 17.8 Å². The second-order valence-electron chi connectivity index (χ2n) is 19.5. The van der Waals surface area contributed by atoms with E-state index in [1.54, 1.807) is 5.56 Å². The Bertz CT molecular complexity index is 2490. The maximum atomic E-state index is 2.53. The van der Waals surface area contributed by atoms with Crippen LogP contribution >= 0.6 is 0 Å². The number of nitrogens with zero attached hydrogens (tertiary/aromatic N) is 1. The molecule has 0 amide bonds. The van der Waals surface area contributed by atoms with Gasteiger partial charge in [-0.3, -0.25) is 0 Å². The molecule has 1 heteroatoms. The molecule has 0 saturated heterocycles. The van der Waals surface area contributed by atoms with Crippen LogP contribution in [0.1, 0.15) is 137 Å². The van der Waals surface area contributed by atoms with Crippen molar-refractivity contribution in [2.75, 3.05) is 4.90 Å². The molecule has 5 aliphatic rings. The van der Waals surface area contributed by atoms with Crippen LogP contribution in [0.25, 0.3) is 33.4 Å². The summed E-state index contributed by atoms with van der Waals surface area (Å²) in [6, 6.07) is 50.0. The molecule has 0 N–H and O–H groups in total. The Morgan fingerprint density at radius 2 is 1.11 bits per heavy atom. The quantitative estimate of drug-likeness (QED) is 0.154. The molecule has 1 nitrogen and oxygen atoms in total. The second-order valence-corrected chi connectivity index (χ2v) is 19.5. The minimum Gasteiger partial charge on any atom is -0.310 e. The standard InChI is InChI=1S/C56H57N/c1-55(2)51-17-10-9-14-46(51)50-34-41(24-31-52(50)55)45-15-11-16-48-47-30-29-44(35-53(47)56(3,4)54(45)48)57(42-25-20-38(21-26-42)37-12-7-5-6-8-13-37)43-27-22-39(23-28-43)49-33-36-18-19-40(49)32-36/h9-11,14-17,20-31,34-37,40,49H,5-8,12-13,18-19,32-33H2,1-4H3. The van der Waals surface area contributed by atoms with E-state index in [1.165, 1.54) is 142 Å². The normalized spacial score (nSPS) is 22.4. The molecule has 5 aliphatic carbocycles. The first-order valence-corrected chi connectivity index (χ1v) is 22.3. The highest BCUT2D eigenvalue weighted by Crippen LogP contribution is 2.56. The Kier molecular flexibility index (Phi) is 8.26. The lowest BCUT2D eigenvalue weighted by atomic mass is 9.78. The van der Waals surface area contributed by atoms with Crippen molar-refractivity contribution < 1.29 is 0 Å². The Hall–Kier alpha value is -4.88. The van der Waals surface area contributed by atoms with E-state index in [0.29, 0.717) is 5.92 Å². The van der Waals surface area contributed by atoms with E-state index in [9.17, 15) is 0 Å². The summed E-state index contributed by atoms with van der Waals surface area (Å²) < 4.78 is 0. The van der Waals surface area contributed by atoms with Crippen LogP contribution in [0.4, 0.5) is 17.1 Å². The van der Waals surface area contributed by atoms with Gasteiger partial charge in [-0.1, -0.05) is 145 Å². The highest BCUT2D eigenvalue weighted by molar-refractivity contribution is 5.92. The summed E-state index contributed by atoms with van der Waals surface area (Å²) in [5.41, 5.74) is 20.5. The number of hydrogen-bond acceptors (Lipinski definition) is 1. The number of rotatable bonds is 6. The van der Waals surface area contributed by atoms with Crippen LogP contribution in [0.3, 0.4) is 0 Å². The van der Waals surface area contributed by atoms with E-state index in [2.05, 4.69) is 160 Å². The molecule has 57 heavy (non-hydrogen) atoms. The van der Waals surface area contributed by atoms with Gasteiger partial charge in [0.1, 0.15) is 0 Å². The van der Waals surface area contributed by atoms with Crippen LogP contribution in [0, 0.1) is 11.8 Å². The molecule has 6 aromatic rings. The van der Waals surface area contributed by atoms with Gasteiger partial charge in [0.15, 0.2) is 0 Å². The molecule has 3 fully saturated rings. The molecule has 3 atom stereocenters. The van der Waals surface area contributed by atoms with E-state index in [-0.39, 0.29) is 10.8 Å². The summed E-state index contributed by atoms with van der Waals surface area (Å²) in [5, 5.41) is 0. The maximum Gasteiger partial charge on any atom is 0.0465 e. The summed E-state index contributed by atoms with van der Waals surface area (Å²) in [6.07, 6.45) is 13.9. The van der Waals surface area contributed by atoms with Crippen molar-refractivity contribution >= 4 is 17.1 Å². The molecule has 0 aromatic heterocycles. The van der Waals surface area contributed by atoms with Crippen molar-refractivity contribution in [2.24, 2.45) is 11.8 Å². The van der Waals surface area contributed by atoms with Gasteiger partial charge in [-0.05, 0) is 165 Å². The lowest BCUT2D eigenvalue weighted by Gasteiger charge is -2.29. The number of fused-ring (bicyclic) bond motifs is 8. The van der Waals surface area contributed by atoms with Gasteiger partial charge in [-0.25, -0.2) is 0 Å². The molecule has 2 bridgehead atoms. The van der Waals surface area contributed by atoms with Gasteiger partial charge in [0.2, 0.25) is 0 Å². The molecule has 286 valence electrons. The number of hydrogen-bond donors (Lipinski definition) is 0. The van der Waals surface area contributed by atoms with Gasteiger partial charge in [-0.15, -0.1) is 0 Å². The molecular formula is C56H57N. The second kappa shape index (κ2) is 13.3. The van der Waals surface area contributed by atoms with Gasteiger partial charge in [0.25, 0.3) is 0 Å². The van der Waals surface area contributed by atoms with Crippen LogP contribution in [0.2, 0.25) is 0 Å². The van der Waals surface area contributed by atoms with Gasteiger partial charge in [-0.2, -0.15) is 0 Å². The average molecular weight is 744 g/mol. The zero-order valence-electron chi connectivity index (χ0n) is 34.5. The summed E-state index contributed by atoms with van der Waals surface area (Å²) in [6.45, 7) is 9.65. The molecule has 11 rings (SSSR count).